The maximum atomic E-state index is 11.9. The topological polar surface area (TPSA) is 77.4 Å². The molecule has 0 spiro atoms. The molecular weight excluding hydrogens is 476 g/mol. The third-order valence-corrected chi connectivity index (χ3v) is 17.4. The number of rotatable bonds is 8. The van der Waals surface area contributed by atoms with Crippen LogP contribution in [-0.4, -0.2) is 71.1 Å². The van der Waals surface area contributed by atoms with Gasteiger partial charge in [-0.1, -0.05) is 71.9 Å². The number of methoxy groups -OCH3 is 1. The van der Waals surface area contributed by atoms with Crippen molar-refractivity contribution in [1.29, 1.82) is 0 Å². The van der Waals surface area contributed by atoms with Crippen molar-refractivity contribution in [3.63, 3.8) is 0 Å². The Kier molecular flexibility index (Phi) is 9.32. The van der Waals surface area contributed by atoms with Gasteiger partial charge in [0, 0.05) is 7.11 Å². The van der Waals surface area contributed by atoms with Gasteiger partial charge in [-0.05, 0) is 48.8 Å². The van der Waals surface area contributed by atoms with E-state index in [1.807, 2.05) is 37.3 Å². The highest BCUT2D eigenvalue weighted by Crippen LogP contribution is 2.45. The Hall–Kier alpha value is -0.586. The van der Waals surface area contributed by atoms with Gasteiger partial charge in [0.25, 0.3) is 0 Å². The lowest BCUT2D eigenvalue weighted by molar-refractivity contribution is -0.268. The fourth-order valence-corrected chi connectivity index (χ4v) is 6.71. The zero-order chi connectivity index (χ0) is 27.0. The van der Waals surface area contributed by atoms with E-state index in [2.05, 4.69) is 67.7 Å². The largest absolute Gasteiger partial charge is 0.409 e. The van der Waals surface area contributed by atoms with E-state index in [-0.39, 0.29) is 22.3 Å². The summed E-state index contributed by atoms with van der Waals surface area (Å²) in [5.41, 5.74) is -1.08. The van der Waals surface area contributed by atoms with E-state index in [0.29, 0.717) is 5.56 Å². The maximum Gasteiger partial charge on any atom is 0.192 e. The summed E-state index contributed by atoms with van der Waals surface area (Å²) in [4.78, 5) is 0. The Morgan fingerprint density at radius 2 is 1.29 bits per heavy atom. The van der Waals surface area contributed by atoms with Crippen molar-refractivity contribution in [3.8, 4) is 0 Å². The lowest BCUT2D eigenvalue weighted by Crippen LogP contribution is -2.69. The normalized spacial score (nSPS) is 28.6. The number of hydrogen-bond donors (Lipinski definition) is 2. The van der Waals surface area contributed by atoms with Gasteiger partial charge >= 0.3 is 0 Å². The van der Waals surface area contributed by atoms with E-state index >= 15 is 0 Å². The van der Waals surface area contributed by atoms with Crippen LogP contribution in [0.5, 0.6) is 0 Å². The zero-order valence-electron chi connectivity index (χ0n) is 24.0. The van der Waals surface area contributed by atoms with Crippen LogP contribution in [0, 0.1) is 0 Å². The fourth-order valence-electron chi connectivity index (χ4n) is 4.06. The predicted octanol–water partition coefficient (Wildman–Crippen LogP) is 5.45. The molecule has 0 saturated carbocycles. The van der Waals surface area contributed by atoms with Crippen molar-refractivity contribution < 1.29 is 28.5 Å². The quantitative estimate of drug-likeness (QED) is 0.439. The average Bonchev–Trinajstić information content (AvgIpc) is 2.74. The summed E-state index contributed by atoms with van der Waals surface area (Å²) in [6, 6.07) is 9.21. The molecule has 1 aromatic rings. The van der Waals surface area contributed by atoms with Crippen LogP contribution < -0.4 is 0 Å². The first-order chi connectivity index (χ1) is 15.8. The summed E-state index contributed by atoms with van der Waals surface area (Å²) in [5, 5.41) is 22.4. The van der Waals surface area contributed by atoms with Gasteiger partial charge in [-0.15, -0.1) is 0 Å². The van der Waals surface area contributed by atoms with Crippen molar-refractivity contribution >= 4 is 16.6 Å². The van der Waals surface area contributed by atoms with E-state index in [4.69, 9.17) is 18.3 Å². The first-order valence-electron chi connectivity index (χ1n) is 12.7. The van der Waals surface area contributed by atoms with Crippen LogP contribution in [-0.2, 0) is 23.9 Å². The number of hydrogen-bond acceptors (Lipinski definition) is 6. The summed E-state index contributed by atoms with van der Waals surface area (Å²) in [6.07, 6.45) is -2.70. The summed E-state index contributed by atoms with van der Waals surface area (Å²) >= 11 is 0. The minimum atomic E-state index is -2.33. The Bertz CT molecular complexity index is 817. The van der Waals surface area contributed by atoms with Gasteiger partial charge in [-0.25, -0.2) is 0 Å². The molecule has 1 fully saturated rings. The van der Waals surface area contributed by atoms with Gasteiger partial charge in [-0.2, -0.15) is 0 Å². The highest BCUT2D eigenvalue weighted by atomic mass is 28.4. The minimum Gasteiger partial charge on any atom is -0.409 e. The van der Waals surface area contributed by atoms with Crippen molar-refractivity contribution in [3.05, 3.63) is 35.9 Å². The van der Waals surface area contributed by atoms with Crippen LogP contribution in [0.25, 0.3) is 0 Å². The Morgan fingerprint density at radius 3 is 1.69 bits per heavy atom. The lowest BCUT2D eigenvalue weighted by atomic mass is 9.81. The van der Waals surface area contributed by atoms with Gasteiger partial charge in [0.05, 0.1) is 18.8 Å². The minimum absolute atomic E-state index is 0.00746. The van der Waals surface area contributed by atoms with Gasteiger partial charge in [0.15, 0.2) is 16.6 Å². The molecule has 1 aliphatic heterocycles. The molecule has 0 bridgehead atoms. The molecule has 8 heteroatoms. The smallest absolute Gasteiger partial charge is 0.192 e. The molecule has 0 aromatic heterocycles. The molecule has 1 aromatic carbocycles. The van der Waals surface area contributed by atoms with Gasteiger partial charge in [0.2, 0.25) is 0 Å². The molecular formula is C27H50O6Si2. The molecule has 0 unspecified atom stereocenters. The first kappa shape index (κ1) is 30.6. The molecule has 0 amide bonds. The highest BCUT2D eigenvalue weighted by Gasteiger charge is 2.58. The molecule has 1 saturated heterocycles. The summed E-state index contributed by atoms with van der Waals surface area (Å²) in [5.74, 6) is 0. The van der Waals surface area contributed by atoms with Crippen molar-refractivity contribution in [2.45, 2.75) is 121 Å². The van der Waals surface area contributed by atoms with E-state index in [9.17, 15) is 10.2 Å². The second kappa shape index (κ2) is 10.7. The predicted molar refractivity (Wildman–Crippen MR) is 147 cm³/mol. The van der Waals surface area contributed by atoms with Crippen molar-refractivity contribution in [2.24, 2.45) is 0 Å². The Labute approximate surface area is 215 Å². The first-order valence-corrected chi connectivity index (χ1v) is 18.6. The monoisotopic (exact) mass is 526 g/mol. The molecule has 6 atom stereocenters. The number of aliphatic hydroxyl groups is 2. The average molecular weight is 527 g/mol. The van der Waals surface area contributed by atoms with Crippen LogP contribution in [0.4, 0.5) is 0 Å². The van der Waals surface area contributed by atoms with E-state index in [1.165, 1.54) is 0 Å². The van der Waals surface area contributed by atoms with Crippen LogP contribution >= 0.6 is 0 Å². The number of benzene rings is 1. The van der Waals surface area contributed by atoms with E-state index in [0.717, 1.165) is 0 Å². The van der Waals surface area contributed by atoms with Crippen LogP contribution in [0.3, 0.4) is 0 Å². The maximum absolute atomic E-state index is 11.9. The van der Waals surface area contributed by atoms with E-state index < -0.39 is 47.2 Å². The second-order valence-electron chi connectivity index (χ2n) is 13.1. The molecule has 0 aliphatic carbocycles. The SMILES string of the molecule is CO[C@@H]1[C@H](O[Si](C)(C)C(C)(C)C)[C@@H](C)O[C@H]([C@@](O)(CO)c2ccccc2)[C@H]1O[Si](C)(C)C(C)(C)C. The third kappa shape index (κ3) is 6.29. The van der Waals surface area contributed by atoms with Gasteiger partial charge in [0.1, 0.15) is 23.9 Å². The third-order valence-electron chi connectivity index (χ3n) is 8.50. The number of ether oxygens (including phenoxy) is 2. The molecule has 2 rings (SSSR count). The van der Waals surface area contributed by atoms with Crippen LogP contribution in [0.15, 0.2) is 30.3 Å². The van der Waals surface area contributed by atoms with Crippen LogP contribution in [0.1, 0.15) is 54.0 Å². The summed E-state index contributed by atoms with van der Waals surface area (Å²) < 4.78 is 26.5. The molecule has 2 N–H and O–H groups in total. The van der Waals surface area contributed by atoms with Gasteiger partial charge < -0.3 is 28.5 Å². The molecule has 1 aliphatic rings. The molecule has 6 nitrogen and oxygen atoms in total. The highest BCUT2D eigenvalue weighted by molar-refractivity contribution is 6.74. The standard InChI is InChI=1S/C27H50O6Si2/c1-19-21(32-34(9,10)25(2,3)4)22(30-8)23(33-35(11,12)26(5,6)7)24(31-19)27(29,18-28)20-16-14-13-15-17-20/h13-17,19,21-24,28-29H,18H2,1-12H3/t19-,21-,22-,23+,24+,27-/m1/s1. The fraction of sp³-hybridized carbons (Fsp3) is 0.778. The molecule has 1 heterocycles. The molecule has 202 valence electrons. The molecule has 0 radical (unpaired) electrons. The number of aliphatic hydroxyl groups excluding tert-OH is 1. The summed E-state index contributed by atoms with van der Waals surface area (Å²) in [6.45, 7) is 23.4. The van der Waals surface area contributed by atoms with Crippen LogP contribution in [0.2, 0.25) is 36.3 Å². The van der Waals surface area contributed by atoms with Crippen molar-refractivity contribution in [2.75, 3.05) is 13.7 Å². The summed E-state index contributed by atoms with van der Waals surface area (Å²) in [7, 11) is -2.83. The lowest BCUT2D eigenvalue weighted by Gasteiger charge is -2.54. The second-order valence-corrected chi connectivity index (χ2v) is 22.6. The zero-order valence-corrected chi connectivity index (χ0v) is 26.0. The Balaban J connectivity index is 2.62. The Morgan fingerprint density at radius 1 is 0.829 bits per heavy atom. The van der Waals surface area contributed by atoms with E-state index in [1.54, 1.807) is 7.11 Å². The van der Waals surface area contributed by atoms with Gasteiger partial charge in [-0.3, -0.25) is 0 Å². The molecule has 35 heavy (non-hydrogen) atoms. The van der Waals surface area contributed by atoms with Crippen molar-refractivity contribution in [1.82, 2.24) is 0 Å².